The first-order valence-corrected chi connectivity index (χ1v) is 29.6. The number of hydrogen-bond donors (Lipinski definition) is 4. The summed E-state index contributed by atoms with van der Waals surface area (Å²) in [7, 11) is 0. The summed E-state index contributed by atoms with van der Waals surface area (Å²) < 4.78 is 10.1. The quantitative estimate of drug-likeness (QED) is 0.153. The topological polar surface area (TPSA) is 134 Å². The molecule has 0 aromatic rings. The van der Waals surface area contributed by atoms with Crippen LogP contribution in [0.3, 0.4) is 0 Å². The van der Waals surface area contributed by atoms with Crippen LogP contribution in [0, 0.1) is 127 Å². The van der Waals surface area contributed by atoms with Crippen LogP contribution in [0.5, 0.6) is 0 Å². The van der Waals surface area contributed by atoms with Gasteiger partial charge in [0.25, 0.3) is 0 Å². The van der Waals surface area contributed by atoms with Crippen molar-refractivity contribution in [3.63, 3.8) is 0 Å². The van der Waals surface area contributed by atoms with Gasteiger partial charge in [-0.1, -0.05) is 109 Å². The molecule has 8 heteroatoms. The highest BCUT2D eigenvalue weighted by molar-refractivity contribution is 5.66. The van der Waals surface area contributed by atoms with Crippen LogP contribution >= 0.6 is 0 Å². The van der Waals surface area contributed by atoms with Gasteiger partial charge in [-0.05, 0) is 228 Å². The monoisotopic (exact) mass is 1000 g/mol. The molecule has 9 unspecified atom stereocenters. The minimum atomic E-state index is -0.176. The van der Waals surface area contributed by atoms with Gasteiger partial charge >= 0.3 is 11.9 Å². The Morgan fingerprint density at radius 3 is 0.986 bits per heavy atom. The second-order valence-electron chi connectivity index (χ2n) is 30.0. The van der Waals surface area contributed by atoms with Gasteiger partial charge < -0.3 is 29.9 Å². The van der Waals surface area contributed by atoms with E-state index in [1.165, 1.54) is 102 Å². The van der Waals surface area contributed by atoms with Crippen molar-refractivity contribution in [1.82, 2.24) is 0 Å². The highest BCUT2D eigenvalue weighted by atomic mass is 16.5. The average Bonchev–Trinajstić information content (AvgIpc) is 3.34. The van der Waals surface area contributed by atoms with Crippen LogP contribution < -0.4 is 0 Å². The van der Waals surface area contributed by atoms with E-state index in [0.717, 1.165) is 72.0 Å². The first-order valence-electron chi connectivity index (χ1n) is 29.6. The number of carbonyl (C=O) groups excluding carboxylic acids is 2. The molecule has 18 aliphatic carbocycles. The van der Waals surface area contributed by atoms with Crippen molar-refractivity contribution < 1.29 is 39.5 Å². The molecule has 0 aliphatic heterocycles. The molecule has 14 fully saturated rings. The number of fused-ring (bicyclic) bond motifs is 10. The number of esters is 2. The van der Waals surface area contributed by atoms with Crippen molar-refractivity contribution in [2.45, 2.75) is 213 Å². The zero-order valence-electron chi connectivity index (χ0n) is 48.7. The molecule has 0 radical (unpaired) electrons. The molecule has 72 heavy (non-hydrogen) atoms. The lowest BCUT2D eigenvalue weighted by atomic mass is 9.45. The van der Waals surface area contributed by atoms with Crippen molar-refractivity contribution in [3.05, 3.63) is 23.3 Å². The van der Waals surface area contributed by atoms with Gasteiger partial charge in [-0.2, -0.15) is 0 Å². The minimum absolute atomic E-state index is 0.00762. The fourth-order valence-corrected chi connectivity index (χ4v) is 18.3. The Hall–Kier alpha value is -1.74. The molecule has 0 aromatic carbocycles. The molecule has 12 bridgehead atoms. The van der Waals surface area contributed by atoms with Crippen molar-refractivity contribution >= 4 is 11.9 Å². The Labute approximate surface area is 439 Å². The molecule has 4 N–H and O–H groups in total. The summed E-state index contributed by atoms with van der Waals surface area (Å²) in [5, 5.41) is 37.5. The summed E-state index contributed by atoms with van der Waals surface area (Å²) in [4.78, 5) is 21.4. The molecule has 18 rings (SSSR count). The van der Waals surface area contributed by atoms with E-state index >= 15 is 0 Å². The lowest BCUT2D eigenvalue weighted by Gasteiger charge is -2.61. The molecule has 412 valence electrons. The van der Waals surface area contributed by atoms with E-state index in [1.54, 1.807) is 0 Å². The van der Waals surface area contributed by atoms with E-state index in [-0.39, 0.29) is 24.1 Å². The average molecular weight is 1010 g/mol. The third-order valence-electron chi connectivity index (χ3n) is 25.1. The SMILES string of the molecule is CC(=O)OCC1=CCC2CC1C2(C)C.CC(=O)OCC1=CC[C@@H]2C[C@H]1C2(C)C.CC1(C)C2CCC(CO)C1C2.CC1(C)[C@H]2CC[C@H](CO)[C@@H]1C2.CC1C(O)CC2CC1C2(C)C.C[C@@H]1[C@@H](O)C[C@H]2C[C@@H]1C2(C)C. The van der Waals surface area contributed by atoms with Crippen LogP contribution in [-0.2, 0) is 19.1 Å². The number of rotatable bonds is 6. The molecule has 0 amide bonds. The summed E-state index contributed by atoms with van der Waals surface area (Å²) in [6, 6.07) is 0. The Balaban J connectivity index is 0.000000127. The van der Waals surface area contributed by atoms with Crippen molar-refractivity contribution in [1.29, 1.82) is 0 Å². The molecule has 18 atom stereocenters. The van der Waals surface area contributed by atoms with E-state index in [4.69, 9.17) is 19.7 Å². The van der Waals surface area contributed by atoms with E-state index in [0.29, 0.717) is 94.4 Å². The van der Waals surface area contributed by atoms with E-state index in [2.05, 4.69) is 109 Å². The van der Waals surface area contributed by atoms with Gasteiger partial charge in [0, 0.05) is 27.1 Å². The summed E-state index contributed by atoms with van der Waals surface area (Å²) in [5.41, 5.74) is 5.70. The van der Waals surface area contributed by atoms with Gasteiger partial charge in [-0.25, -0.2) is 0 Å². The Bertz CT molecular complexity index is 1790. The second-order valence-corrected chi connectivity index (χ2v) is 30.0. The molecule has 18 aliphatic rings. The molecular formula is C64H108O8. The lowest BCUT2D eigenvalue weighted by molar-refractivity contribution is -0.154. The van der Waals surface area contributed by atoms with Gasteiger partial charge in [0.2, 0.25) is 0 Å². The van der Waals surface area contributed by atoms with Crippen molar-refractivity contribution in [2.75, 3.05) is 26.4 Å². The van der Waals surface area contributed by atoms with Crippen LogP contribution in [0.2, 0.25) is 0 Å². The molecule has 0 saturated heterocycles. The van der Waals surface area contributed by atoms with Crippen molar-refractivity contribution in [2.24, 2.45) is 127 Å². The molecular weight excluding hydrogens is 897 g/mol. The van der Waals surface area contributed by atoms with E-state index < -0.39 is 0 Å². The minimum Gasteiger partial charge on any atom is -0.461 e. The molecule has 0 heterocycles. The summed E-state index contributed by atoms with van der Waals surface area (Å²) in [6.07, 6.45) is 22.3. The Kier molecular flexibility index (Phi) is 17.4. The van der Waals surface area contributed by atoms with Crippen molar-refractivity contribution in [3.8, 4) is 0 Å². The third kappa shape index (κ3) is 10.9. The fraction of sp³-hybridized carbons (Fsp3) is 0.906. The lowest BCUT2D eigenvalue weighted by Crippen LogP contribution is -2.56. The Morgan fingerprint density at radius 2 is 0.778 bits per heavy atom. The zero-order chi connectivity index (χ0) is 53.3. The molecule has 8 nitrogen and oxygen atoms in total. The van der Waals surface area contributed by atoms with Crippen LogP contribution in [0.1, 0.15) is 201 Å². The van der Waals surface area contributed by atoms with Crippen LogP contribution in [0.15, 0.2) is 23.3 Å². The number of allylic oxidation sites excluding steroid dienone is 2. The normalized spacial score (nSPS) is 43.4. The van der Waals surface area contributed by atoms with E-state index in [9.17, 15) is 19.8 Å². The zero-order valence-corrected chi connectivity index (χ0v) is 48.7. The Morgan fingerprint density at radius 1 is 0.458 bits per heavy atom. The van der Waals surface area contributed by atoms with Crippen LogP contribution in [0.25, 0.3) is 0 Å². The summed E-state index contributed by atoms with van der Waals surface area (Å²) in [6.45, 7) is 37.4. The largest absolute Gasteiger partial charge is 0.461 e. The van der Waals surface area contributed by atoms with Gasteiger partial charge in [-0.15, -0.1) is 0 Å². The number of carbonyl (C=O) groups is 2. The van der Waals surface area contributed by atoms with Crippen LogP contribution in [-0.4, -0.2) is 71.0 Å². The standard InChI is InChI=1S/2C12H18O2.4C10H18O/c2*1-8(13)14-7-9-4-5-10-6-11(9)12(10,2)3;2*1-6-8-4-7(5-9(6)11)10(8,2)3;2*1-10(2)8-4-3-7(6-11)9(10)5-8/h2*4,10-11H,5-7H2,1-3H3;2*6-9,11H,4-5H2,1-3H3;2*7-9,11H,3-6H2,1-2H3/t10-,11-;;6-,7+,8-,9-;;7-,8+,9+;/m1.0.1./s1. The maximum Gasteiger partial charge on any atom is 0.302 e. The van der Waals surface area contributed by atoms with Gasteiger partial charge in [0.1, 0.15) is 13.2 Å². The maximum absolute atomic E-state index is 10.7. The number of aliphatic hydroxyl groups excluding tert-OH is 4. The first-order chi connectivity index (χ1) is 33.4. The van der Waals surface area contributed by atoms with E-state index in [1.807, 2.05) is 0 Å². The fourth-order valence-electron chi connectivity index (χ4n) is 18.3. The highest BCUT2D eigenvalue weighted by Gasteiger charge is 2.58. The summed E-state index contributed by atoms with van der Waals surface area (Å²) in [5.74, 6) is 11.8. The van der Waals surface area contributed by atoms with Gasteiger partial charge in [0.15, 0.2) is 0 Å². The number of ether oxygens (including phenoxy) is 2. The first kappa shape index (κ1) is 58.0. The molecule has 14 saturated carbocycles. The maximum atomic E-state index is 10.7. The smallest absolute Gasteiger partial charge is 0.302 e. The second kappa shape index (κ2) is 21.6. The third-order valence-corrected chi connectivity index (χ3v) is 25.1. The molecule has 0 spiro atoms. The number of aliphatic hydroxyl groups is 4. The van der Waals surface area contributed by atoms with Crippen LogP contribution in [0.4, 0.5) is 0 Å². The van der Waals surface area contributed by atoms with Gasteiger partial charge in [0.05, 0.1) is 12.2 Å². The predicted molar refractivity (Wildman–Crippen MR) is 290 cm³/mol. The van der Waals surface area contributed by atoms with Gasteiger partial charge in [-0.3, -0.25) is 9.59 Å². The number of hydrogen-bond acceptors (Lipinski definition) is 8. The summed E-state index contributed by atoms with van der Waals surface area (Å²) >= 11 is 0. The molecule has 0 aromatic heterocycles. The predicted octanol–water partition coefficient (Wildman–Crippen LogP) is 13.3. The highest BCUT2D eigenvalue weighted by Crippen LogP contribution is 2.65.